The first-order chi connectivity index (χ1) is 11.1. The Morgan fingerprint density at radius 1 is 1.35 bits per heavy atom. The smallest absolute Gasteiger partial charge is 0.191 e. The number of guanidine groups is 1. The maximum absolute atomic E-state index is 6.19. The van der Waals surface area contributed by atoms with Crippen molar-refractivity contribution in [2.24, 2.45) is 10.9 Å². The topological polar surface area (TPSA) is 39.7 Å². The predicted molar refractivity (Wildman–Crippen MR) is 99.1 cm³/mol. The summed E-state index contributed by atoms with van der Waals surface area (Å²) in [6.45, 7) is 8.60. The number of nitrogens with zero attached hydrogens (tertiary/aromatic N) is 2. The molecule has 1 aromatic carbocycles. The van der Waals surface area contributed by atoms with Crippen LogP contribution < -0.4 is 10.6 Å². The number of aliphatic imine (C=N–C) groups is 1. The average Bonchev–Trinajstić information content (AvgIpc) is 2.56. The Hall–Kier alpha value is -1.26. The predicted octanol–water partition coefficient (Wildman–Crippen LogP) is 3.13. The van der Waals surface area contributed by atoms with E-state index in [2.05, 4.69) is 34.4 Å². The molecule has 128 valence electrons. The molecule has 4 nitrogen and oxygen atoms in total. The molecule has 0 aliphatic carbocycles. The number of rotatable bonds is 5. The highest BCUT2D eigenvalue weighted by atomic mass is 35.5. The summed E-state index contributed by atoms with van der Waals surface area (Å²) in [5.74, 6) is 1.52. The standard InChI is InChI=1S/C18H29ClN4/c1-14(2)23-10-6-7-15(13-23)11-21-18(20-3)22-12-16-8-4-5-9-17(16)19/h4-5,8-9,14-15H,6-7,10-13H2,1-3H3,(H2,20,21,22). The van der Waals surface area contributed by atoms with E-state index < -0.39 is 0 Å². The minimum absolute atomic E-state index is 0.635. The normalized spacial score (nSPS) is 19.9. The molecule has 0 radical (unpaired) electrons. The Balaban J connectivity index is 1.78. The Kier molecular flexibility index (Phi) is 7.18. The van der Waals surface area contributed by atoms with Crippen molar-refractivity contribution in [3.05, 3.63) is 34.9 Å². The summed E-state index contributed by atoms with van der Waals surface area (Å²) < 4.78 is 0. The number of halogens is 1. The van der Waals surface area contributed by atoms with Crippen LogP contribution in [0.4, 0.5) is 0 Å². The molecule has 23 heavy (non-hydrogen) atoms. The van der Waals surface area contributed by atoms with Crippen LogP contribution in [0.15, 0.2) is 29.3 Å². The van der Waals surface area contributed by atoms with Crippen LogP contribution in [0.25, 0.3) is 0 Å². The van der Waals surface area contributed by atoms with Gasteiger partial charge in [0.25, 0.3) is 0 Å². The summed E-state index contributed by atoms with van der Waals surface area (Å²) >= 11 is 6.19. The fourth-order valence-electron chi connectivity index (χ4n) is 3.02. The Morgan fingerprint density at radius 2 is 2.13 bits per heavy atom. The molecule has 2 N–H and O–H groups in total. The van der Waals surface area contributed by atoms with E-state index in [-0.39, 0.29) is 0 Å². The van der Waals surface area contributed by atoms with Gasteiger partial charge in [-0.15, -0.1) is 0 Å². The van der Waals surface area contributed by atoms with Gasteiger partial charge in [-0.3, -0.25) is 4.99 Å². The van der Waals surface area contributed by atoms with Gasteiger partial charge in [0.2, 0.25) is 0 Å². The minimum atomic E-state index is 0.635. The van der Waals surface area contributed by atoms with Crippen molar-refractivity contribution in [2.45, 2.75) is 39.3 Å². The zero-order chi connectivity index (χ0) is 16.7. The molecule has 5 heteroatoms. The monoisotopic (exact) mass is 336 g/mol. The summed E-state index contributed by atoms with van der Waals surface area (Å²) in [5.41, 5.74) is 1.08. The summed E-state index contributed by atoms with van der Waals surface area (Å²) in [6.07, 6.45) is 2.58. The van der Waals surface area contributed by atoms with E-state index in [0.29, 0.717) is 18.5 Å². The summed E-state index contributed by atoms with van der Waals surface area (Å²) in [5, 5.41) is 7.59. The van der Waals surface area contributed by atoms with Crippen LogP contribution >= 0.6 is 11.6 Å². The van der Waals surface area contributed by atoms with Gasteiger partial charge in [-0.05, 0) is 50.8 Å². The highest BCUT2D eigenvalue weighted by Gasteiger charge is 2.21. The molecule has 0 bridgehead atoms. The van der Waals surface area contributed by atoms with Gasteiger partial charge in [-0.1, -0.05) is 29.8 Å². The first kappa shape index (κ1) is 18.1. The van der Waals surface area contributed by atoms with Crippen molar-refractivity contribution >= 4 is 17.6 Å². The quantitative estimate of drug-likeness (QED) is 0.641. The lowest BCUT2D eigenvalue weighted by Crippen LogP contribution is -2.46. The lowest BCUT2D eigenvalue weighted by molar-refractivity contribution is 0.141. The average molecular weight is 337 g/mol. The molecular weight excluding hydrogens is 308 g/mol. The lowest BCUT2D eigenvalue weighted by atomic mass is 9.97. The number of hydrogen-bond donors (Lipinski definition) is 2. The third-order valence-corrected chi connectivity index (χ3v) is 4.84. The maximum atomic E-state index is 6.19. The highest BCUT2D eigenvalue weighted by molar-refractivity contribution is 6.31. The van der Waals surface area contributed by atoms with Crippen molar-refractivity contribution in [2.75, 3.05) is 26.7 Å². The second-order valence-electron chi connectivity index (χ2n) is 6.50. The van der Waals surface area contributed by atoms with E-state index in [1.54, 1.807) is 0 Å². The fourth-order valence-corrected chi connectivity index (χ4v) is 3.22. The van der Waals surface area contributed by atoms with Crippen molar-refractivity contribution in [3.8, 4) is 0 Å². The minimum Gasteiger partial charge on any atom is -0.356 e. The van der Waals surface area contributed by atoms with Crippen LogP contribution in [0.1, 0.15) is 32.3 Å². The van der Waals surface area contributed by atoms with Crippen molar-refractivity contribution in [3.63, 3.8) is 0 Å². The van der Waals surface area contributed by atoms with E-state index in [0.717, 1.165) is 23.1 Å². The molecule has 0 spiro atoms. The largest absolute Gasteiger partial charge is 0.356 e. The number of benzene rings is 1. The van der Waals surface area contributed by atoms with Gasteiger partial charge in [0, 0.05) is 37.7 Å². The van der Waals surface area contributed by atoms with Gasteiger partial charge in [0.1, 0.15) is 0 Å². The van der Waals surface area contributed by atoms with Crippen molar-refractivity contribution in [1.82, 2.24) is 15.5 Å². The molecule has 1 aliphatic heterocycles. The number of piperidine rings is 1. The van der Waals surface area contributed by atoms with Gasteiger partial charge in [-0.25, -0.2) is 0 Å². The molecule has 0 saturated carbocycles. The van der Waals surface area contributed by atoms with E-state index in [9.17, 15) is 0 Å². The summed E-state index contributed by atoms with van der Waals surface area (Å²) in [6, 6.07) is 8.53. The zero-order valence-corrected chi connectivity index (χ0v) is 15.2. The van der Waals surface area contributed by atoms with Gasteiger partial charge >= 0.3 is 0 Å². The van der Waals surface area contributed by atoms with Gasteiger partial charge in [-0.2, -0.15) is 0 Å². The number of likely N-dealkylation sites (tertiary alicyclic amines) is 1. The van der Waals surface area contributed by atoms with Crippen LogP contribution in [0.5, 0.6) is 0 Å². The van der Waals surface area contributed by atoms with Crippen LogP contribution in [0.2, 0.25) is 5.02 Å². The van der Waals surface area contributed by atoms with Crippen LogP contribution in [-0.2, 0) is 6.54 Å². The van der Waals surface area contributed by atoms with Crippen LogP contribution in [0, 0.1) is 5.92 Å². The molecule has 2 rings (SSSR count). The Bertz CT molecular complexity index is 515. The molecule has 0 amide bonds. The second-order valence-corrected chi connectivity index (χ2v) is 6.90. The number of nitrogens with one attached hydrogen (secondary N) is 2. The van der Waals surface area contributed by atoms with Gasteiger partial charge < -0.3 is 15.5 Å². The summed E-state index contributed by atoms with van der Waals surface area (Å²) in [4.78, 5) is 6.87. The zero-order valence-electron chi connectivity index (χ0n) is 14.5. The van der Waals surface area contributed by atoms with Gasteiger partial charge in [0.15, 0.2) is 5.96 Å². The molecule has 1 saturated heterocycles. The highest BCUT2D eigenvalue weighted by Crippen LogP contribution is 2.17. The molecular formula is C18H29ClN4. The van der Waals surface area contributed by atoms with Crippen molar-refractivity contribution < 1.29 is 0 Å². The Labute approximate surface area is 145 Å². The first-order valence-corrected chi connectivity index (χ1v) is 8.90. The first-order valence-electron chi connectivity index (χ1n) is 8.52. The second kappa shape index (κ2) is 9.14. The van der Waals surface area contributed by atoms with E-state index >= 15 is 0 Å². The molecule has 1 atom stereocenters. The van der Waals surface area contributed by atoms with Crippen LogP contribution in [0.3, 0.4) is 0 Å². The molecule has 1 aromatic rings. The molecule has 1 heterocycles. The van der Waals surface area contributed by atoms with E-state index in [1.807, 2.05) is 31.3 Å². The number of hydrogen-bond acceptors (Lipinski definition) is 2. The fraction of sp³-hybridized carbons (Fsp3) is 0.611. The molecule has 1 fully saturated rings. The molecule has 1 aliphatic rings. The maximum Gasteiger partial charge on any atom is 0.191 e. The van der Waals surface area contributed by atoms with E-state index in [4.69, 9.17) is 11.6 Å². The van der Waals surface area contributed by atoms with E-state index in [1.165, 1.54) is 25.9 Å². The SMILES string of the molecule is CN=C(NCc1ccccc1Cl)NCC1CCCN(C(C)C)C1. The van der Waals surface area contributed by atoms with Crippen molar-refractivity contribution in [1.29, 1.82) is 0 Å². The third-order valence-electron chi connectivity index (χ3n) is 4.47. The summed E-state index contributed by atoms with van der Waals surface area (Å²) in [7, 11) is 1.81. The molecule has 1 unspecified atom stereocenters. The lowest BCUT2D eigenvalue weighted by Gasteiger charge is -2.35. The van der Waals surface area contributed by atoms with Gasteiger partial charge in [0.05, 0.1) is 0 Å². The molecule has 0 aromatic heterocycles. The Morgan fingerprint density at radius 3 is 2.83 bits per heavy atom. The van der Waals surface area contributed by atoms with Crippen LogP contribution in [-0.4, -0.2) is 43.6 Å². The third kappa shape index (κ3) is 5.70.